The van der Waals surface area contributed by atoms with Crippen LogP contribution in [-0.4, -0.2) is 36.4 Å². The van der Waals surface area contributed by atoms with Gasteiger partial charge in [0.05, 0.1) is 24.2 Å². The second-order valence-electron chi connectivity index (χ2n) is 6.16. The van der Waals surface area contributed by atoms with Crippen LogP contribution in [0.15, 0.2) is 27.3 Å². The summed E-state index contributed by atoms with van der Waals surface area (Å²) in [4.78, 5) is 14.2. The number of aromatic nitrogens is 2. The molecule has 1 aromatic heterocycles. The number of H-pyrrole nitrogens is 1. The molecule has 23 heavy (non-hydrogen) atoms. The Morgan fingerprint density at radius 3 is 2.78 bits per heavy atom. The fraction of sp³-hybridized carbons (Fsp3) is 0.467. The van der Waals surface area contributed by atoms with E-state index in [1.54, 1.807) is 12.1 Å². The quantitative estimate of drug-likeness (QED) is 0.880. The summed E-state index contributed by atoms with van der Waals surface area (Å²) >= 11 is 3.12. The first-order chi connectivity index (χ1) is 11.1. The van der Waals surface area contributed by atoms with Gasteiger partial charge in [0, 0.05) is 30.5 Å². The third-order valence-corrected chi connectivity index (χ3v) is 5.25. The maximum absolute atomic E-state index is 13.8. The molecule has 0 amide bonds. The van der Waals surface area contributed by atoms with Gasteiger partial charge in [0.1, 0.15) is 5.82 Å². The highest BCUT2D eigenvalue weighted by atomic mass is 79.9. The van der Waals surface area contributed by atoms with Crippen LogP contribution in [0.1, 0.15) is 5.69 Å². The van der Waals surface area contributed by atoms with Crippen molar-refractivity contribution in [2.24, 2.45) is 11.8 Å². The minimum absolute atomic E-state index is 0.324. The molecule has 0 spiro atoms. The fourth-order valence-electron chi connectivity index (χ4n) is 3.47. The lowest BCUT2D eigenvalue weighted by Gasteiger charge is -2.13. The third kappa shape index (κ3) is 2.75. The molecule has 6 nitrogen and oxygen atoms in total. The standard InChI is InChI=1S/C15H16BrFN3O3/c16-12-2-1-9(3-13(12)17)15-14(18-23-20(15)21)6-19-4-10-7-22-8-11(10)5-19/h1-3,10-11,18H,4-8H2/q+1/t10-,11?/m0/s1. The number of nitrogens with zero attached hydrogens (tertiary/aromatic N) is 2. The van der Waals surface area contributed by atoms with Crippen LogP contribution >= 0.6 is 15.9 Å². The summed E-state index contributed by atoms with van der Waals surface area (Å²) in [5.41, 5.74) is 1.47. The molecule has 0 saturated carbocycles. The van der Waals surface area contributed by atoms with Crippen molar-refractivity contribution in [1.29, 1.82) is 0 Å². The van der Waals surface area contributed by atoms with Crippen LogP contribution in [0.5, 0.6) is 0 Å². The third-order valence-electron chi connectivity index (χ3n) is 4.61. The van der Waals surface area contributed by atoms with Crippen LogP contribution < -0.4 is 4.60 Å². The summed E-state index contributed by atoms with van der Waals surface area (Å²) < 4.78 is 24.9. The van der Waals surface area contributed by atoms with E-state index >= 15 is 0 Å². The predicted molar refractivity (Wildman–Crippen MR) is 82.6 cm³/mol. The van der Waals surface area contributed by atoms with Gasteiger partial charge < -0.3 is 4.74 Å². The van der Waals surface area contributed by atoms with Gasteiger partial charge in [0.2, 0.25) is 5.69 Å². The number of nitrogens with one attached hydrogen (secondary N) is 1. The summed E-state index contributed by atoms with van der Waals surface area (Å²) in [6, 6.07) is 4.60. The van der Waals surface area contributed by atoms with Gasteiger partial charge in [0.25, 0.3) is 5.69 Å². The minimum atomic E-state index is -0.414. The molecule has 8 heteroatoms. The van der Waals surface area contributed by atoms with Crippen molar-refractivity contribution in [3.63, 3.8) is 0 Å². The molecule has 2 aromatic rings. The molecule has 0 bridgehead atoms. The van der Waals surface area contributed by atoms with Crippen LogP contribution in [0.3, 0.4) is 0 Å². The number of fused-ring (bicyclic) bond motifs is 1. The number of rotatable bonds is 3. The van der Waals surface area contributed by atoms with Gasteiger partial charge in [-0.15, -0.1) is 0 Å². The Morgan fingerprint density at radius 1 is 1.35 bits per heavy atom. The average Bonchev–Trinajstić information content (AvgIpc) is 3.18. The van der Waals surface area contributed by atoms with Crippen molar-refractivity contribution in [2.45, 2.75) is 6.54 Å². The van der Waals surface area contributed by atoms with Gasteiger partial charge in [-0.2, -0.15) is 0 Å². The van der Waals surface area contributed by atoms with Crippen LogP contribution in [0, 0.1) is 22.6 Å². The molecule has 1 N–H and O–H groups in total. The number of halogens is 2. The van der Waals surface area contributed by atoms with Gasteiger partial charge >= 0.3 is 0 Å². The zero-order valence-corrected chi connectivity index (χ0v) is 13.9. The Bertz CT molecular complexity index is 779. The lowest BCUT2D eigenvalue weighted by atomic mass is 10.0. The van der Waals surface area contributed by atoms with Crippen LogP contribution in [-0.2, 0) is 11.3 Å². The summed E-state index contributed by atoms with van der Waals surface area (Å²) in [6.07, 6.45) is 0. The zero-order chi connectivity index (χ0) is 16.0. The Morgan fingerprint density at radius 2 is 2.09 bits per heavy atom. The average molecular weight is 385 g/mol. The first-order valence-electron chi connectivity index (χ1n) is 7.50. The molecular formula is C15H16BrFN3O3+. The lowest BCUT2D eigenvalue weighted by Crippen LogP contribution is -2.23. The van der Waals surface area contributed by atoms with Crippen LogP contribution in [0.4, 0.5) is 4.39 Å². The van der Waals surface area contributed by atoms with E-state index in [0.717, 1.165) is 26.3 Å². The van der Waals surface area contributed by atoms with E-state index < -0.39 is 5.82 Å². The maximum atomic E-state index is 13.8. The molecule has 1 unspecified atom stereocenters. The number of ether oxygens (including phenoxy) is 1. The van der Waals surface area contributed by atoms with Gasteiger partial charge in [-0.1, -0.05) is 9.79 Å². The van der Waals surface area contributed by atoms with Crippen molar-refractivity contribution in [3.8, 4) is 11.3 Å². The van der Waals surface area contributed by atoms with E-state index in [1.807, 2.05) is 0 Å². The van der Waals surface area contributed by atoms with Crippen LogP contribution in [0.25, 0.3) is 11.3 Å². The molecule has 0 aliphatic carbocycles. The first kappa shape index (κ1) is 15.0. The van der Waals surface area contributed by atoms with Crippen molar-refractivity contribution >= 4 is 15.9 Å². The summed E-state index contributed by atoms with van der Waals surface area (Å²) in [5.74, 6) is 0.715. The van der Waals surface area contributed by atoms with Crippen molar-refractivity contribution in [1.82, 2.24) is 10.1 Å². The number of aromatic amines is 1. The molecule has 2 atom stereocenters. The smallest absolute Gasteiger partial charge is 0.276 e. The minimum Gasteiger partial charge on any atom is -0.381 e. The van der Waals surface area contributed by atoms with E-state index in [9.17, 15) is 9.30 Å². The lowest BCUT2D eigenvalue weighted by molar-refractivity contribution is -0.704. The molecule has 2 aliphatic heterocycles. The van der Waals surface area contributed by atoms with Gasteiger partial charge in [-0.05, 0) is 39.0 Å². The number of hydrogen-bond donors (Lipinski definition) is 1. The topological polar surface area (TPSA) is 64.4 Å². The Hall–Kier alpha value is -1.51. The molecule has 4 rings (SSSR count). The van der Waals surface area contributed by atoms with Crippen molar-refractivity contribution < 1.29 is 18.4 Å². The first-order valence-corrected chi connectivity index (χ1v) is 8.30. The highest BCUT2D eigenvalue weighted by molar-refractivity contribution is 9.10. The molecule has 2 fully saturated rings. The number of hydrogen-bond acceptors (Lipinski definition) is 4. The highest BCUT2D eigenvalue weighted by Crippen LogP contribution is 2.31. The van der Waals surface area contributed by atoms with Gasteiger partial charge in [-0.25, -0.2) is 4.39 Å². The van der Waals surface area contributed by atoms with E-state index in [0.29, 0.717) is 44.4 Å². The zero-order valence-electron chi connectivity index (χ0n) is 12.3. The Balaban J connectivity index is 1.60. The van der Waals surface area contributed by atoms with Crippen molar-refractivity contribution in [2.75, 3.05) is 26.3 Å². The van der Waals surface area contributed by atoms with Crippen molar-refractivity contribution in [3.05, 3.63) is 39.1 Å². The SMILES string of the molecule is O=[n+]1o[nH]c(CN2CC3COC[C@@H]3C2)c1-c1ccc(Br)c(F)c1. The van der Waals surface area contributed by atoms with Crippen LogP contribution in [0.2, 0.25) is 0 Å². The maximum Gasteiger partial charge on any atom is 0.276 e. The monoisotopic (exact) mass is 384 g/mol. The fourth-order valence-corrected chi connectivity index (χ4v) is 3.71. The molecule has 0 radical (unpaired) electrons. The second-order valence-corrected chi connectivity index (χ2v) is 7.01. The van der Waals surface area contributed by atoms with Gasteiger partial charge in [-0.3, -0.25) is 4.90 Å². The molecule has 122 valence electrons. The van der Waals surface area contributed by atoms with E-state index in [2.05, 4.69) is 26.0 Å². The van der Waals surface area contributed by atoms with E-state index in [-0.39, 0.29) is 0 Å². The largest absolute Gasteiger partial charge is 0.381 e. The molecule has 2 saturated heterocycles. The summed E-state index contributed by atoms with van der Waals surface area (Å²) in [6.45, 7) is 4.07. The van der Waals surface area contributed by atoms with Gasteiger partial charge in [0.15, 0.2) is 4.60 Å². The molecule has 3 heterocycles. The van der Waals surface area contributed by atoms with E-state index in [4.69, 9.17) is 9.37 Å². The molecule has 1 aromatic carbocycles. The Kier molecular flexibility index (Phi) is 3.82. The number of likely N-dealkylation sites (tertiary alicyclic amines) is 1. The normalized spacial score (nSPS) is 24.3. The highest BCUT2D eigenvalue weighted by Gasteiger charge is 2.38. The summed E-state index contributed by atoms with van der Waals surface area (Å²) in [5, 5.41) is 2.67. The second kappa shape index (κ2) is 5.85. The predicted octanol–water partition coefficient (Wildman–Crippen LogP) is 2.17. The molecular weight excluding hydrogens is 369 g/mol. The van der Waals surface area contributed by atoms with E-state index in [1.165, 1.54) is 6.07 Å². The number of benzene rings is 1. The Labute approximate surface area is 139 Å². The summed E-state index contributed by atoms with van der Waals surface area (Å²) in [7, 11) is 0. The molecule has 2 aliphatic rings.